The van der Waals surface area contributed by atoms with Crippen molar-refractivity contribution in [3.63, 3.8) is 0 Å². The number of amides is 1. The number of hydrogen-bond acceptors (Lipinski definition) is 4. The summed E-state index contributed by atoms with van der Waals surface area (Å²) in [6.07, 6.45) is 5.97. The third-order valence-corrected chi connectivity index (χ3v) is 3.99. The third-order valence-electron chi connectivity index (χ3n) is 3.99. The predicted molar refractivity (Wildman–Crippen MR) is 98.5 cm³/mol. The van der Waals surface area contributed by atoms with E-state index in [1.807, 2.05) is 45.0 Å². The summed E-state index contributed by atoms with van der Waals surface area (Å²) in [5.41, 5.74) is 0.592. The Morgan fingerprint density at radius 3 is 2.56 bits per heavy atom. The minimum absolute atomic E-state index is 0.215. The number of para-hydroxylation sites is 1. The van der Waals surface area contributed by atoms with Crippen molar-refractivity contribution in [3.05, 3.63) is 35.9 Å². The highest BCUT2D eigenvalue weighted by atomic mass is 16.7. The number of carbonyl (C=O) groups excluding carboxylic acids is 1. The van der Waals surface area contributed by atoms with Crippen molar-refractivity contribution in [1.29, 1.82) is 0 Å². The standard InChI is InChI=1S/C20H29NO4/c1-20(2,3)25-19(22)21-13-11-16(12-14-21)9-10-17-7-5-6-8-18(17)24-15-23-4/h5-10,16H,11-15H2,1-4H3/b10-9+. The summed E-state index contributed by atoms with van der Waals surface area (Å²) in [4.78, 5) is 13.9. The molecule has 1 heterocycles. The Morgan fingerprint density at radius 2 is 1.92 bits per heavy atom. The molecule has 1 aromatic carbocycles. The van der Waals surface area contributed by atoms with E-state index >= 15 is 0 Å². The highest BCUT2D eigenvalue weighted by Crippen LogP contribution is 2.24. The van der Waals surface area contributed by atoms with Crippen molar-refractivity contribution in [2.45, 2.75) is 39.2 Å². The van der Waals surface area contributed by atoms with Crippen LogP contribution in [0, 0.1) is 5.92 Å². The van der Waals surface area contributed by atoms with Crippen molar-refractivity contribution in [1.82, 2.24) is 4.90 Å². The summed E-state index contributed by atoms with van der Waals surface area (Å²) >= 11 is 0. The number of benzene rings is 1. The van der Waals surface area contributed by atoms with Gasteiger partial charge in [0.2, 0.25) is 0 Å². The van der Waals surface area contributed by atoms with Crippen LogP contribution in [0.15, 0.2) is 30.3 Å². The molecule has 0 radical (unpaired) electrons. The molecule has 1 amide bonds. The Morgan fingerprint density at radius 1 is 1.24 bits per heavy atom. The smallest absolute Gasteiger partial charge is 0.410 e. The number of nitrogens with zero attached hydrogens (tertiary/aromatic N) is 1. The highest BCUT2D eigenvalue weighted by molar-refractivity contribution is 5.68. The first kappa shape index (κ1) is 19.3. The fourth-order valence-electron chi connectivity index (χ4n) is 2.71. The molecule has 0 aromatic heterocycles. The topological polar surface area (TPSA) is 48.0 Å². The Balaban J connectivity index is 1.88. The molecule has 5 heteroatoms. The molecule has 0 aliphatic carbocycles. The first-order valence-corrected chi connectivity index (χ1v) is 8.76. The number of ether oxygens (including phenoxy) is 3. The minimum atomic E-state index is -0.445. The van der Waals surface area contributed by atoms with Crippen LogP contribution < -0.4 is 4.74 Å². The fraction of sp³-hybridized carbons (Fsp3) is 0.550. The molecule has 1 aromatic rings. The van der Waals surface area contributed by atoms with Crippen molar-refractivity contribution in [2.24, 2.45) is 5.92 Å². The summed E-state index contributed by atoms with van der Waals surface area (Å²) in [7, 11) is 1.61. The van der Waals surface area contributed by atoms with Crippen LogP contribution in [-0.2, 0) is 9.47 Å². The molecular weight excluding hydrogens is 318 g/mol. The van der Waals surface area contributed by atoms with Crippen LogP contribution in [0.4, 0.5) is 4.79 Å². The second-order valence-electron chi connectivity index (χ2n) is 7.25. The van der Waals surface area contributed by atoms with Crippen molar-refractivity contribution < 1.29 is 19.0 Å². The van der Waals surface area contributed by atoms with Crippen LogP contribution in [0.3, 0.4) is 0 Å². The largest absolute Gasteiger partial charge is 0.467 e. The van der Waals surface area contributed by atoms with E-state index in [0.29, 0.717) is 5.92 Å². The van der Waals surface area contributed by atoms with Crippen molar-refractivity contribution in [2.75, 3.05) is 27.0 Å². The maximum atomic E-state index is 12.1. The van der Waals surface area contributed by atoms with Gasteiger partial charge in [0.25, 0.3) is 0 Å². The van der Waals surface area contributed by atoms with Gasteiger partial charge in [-0.1, -0.05) is 30.4 Å². The van der Waals surface area contributed by atoms with Gasteiger partial charge < -0.3 is 19.1 Å². The van der Waals surface area contributed by atoms with E-state index in [2.05, 4.69) is 12.2 Å². The van der Waals surface area contributed by atoms with Gasteiger partial charge in [-0.25, -0.2) is 4.79 Å². The Hall–Kier alpha value is -2.01. The number of likely N-dealkylation sites (tertiary alicyclic amines) is 1. The second kappa shape index (κ2) is 8.90. The highest BCUT2D eigenvalue weighted by Gasteiger charge is 2.25. The Labute approximate surface area is 150 Å². The number of piperidine rings is 1. The molecule has 0 unspecified atom stereocenters. The van der Waals surface area contributed by atoms with E-state index in [0.717, 1.165) is 37.2 Å². The first-order chi connectivity index (χ1) is 11.9. The molecule has 5 nitrogen and oxygen atoms in total. The molecule has 1 fully saturated rings. The average molecular weight is 347 g/mol. The summed E-state index contributed by atoms with van der Waals surface area (Å²) in [6, 6.07) is 7.90. The minimum Gasteiger partial charge on any atom is -0.467 e. The SMILES string of the molecule is COCOc1ccccc1/C=C/C1CCN(C(=O)OC(C)(C)C)CC1. The third kappa shape index (κ3) is 6.42. The van der Waals surface area contributed by atoms with Crippen LogP contribution >= 0.6 is 0 Å². The van der Waals surface area contributed by atoms with Crippen LogP contribution in [0.2, 0.25) is 0 Å². The summed E-state index contributed by atoms with van der Waals surface area (Å²) in [5.74, 6) is 1.26. The van der Waals surface area contributed by atoms with Gasteiger partial charge in [0.05, 0.1) is 0 Å². The monoisotopic (exact) mass is 347 g/mol. The lowest BCUT2D eigenvalue weighted by Gasteiger charge is -2.32. The lowest BCUT2D eigenvalue weighted by atomic mass is 9.96. The molecule has 0 saturated carbocycles. The van der Waals surface area contributed by atoms with E-state index in [1.165, 1.54) is 0 Å². The normalized spacial score (nSPS) is 16.2. The number of rotatable bonds is 5. The number of allylic oxidation sites excluding steroid dienone is 1. The Bertz CT molecular complexity index is 584. The maximum absolute atomic E-state index is 12.1. The summed E-state index contributed by atoms with van der Waals surface area (Å²) in [5, 5.41) is 0. The van der Waals surface area contributed by atoms with Gasteiger partial charge in [0.1, 0.15) is 11.4 Å². The molecule has 2 rings (SSSR count). The van der Waals surface area contributed by atoms with E-state index in [9.17, 15) is 4.79 Å². The zero-order valence-corrected chi connectivity index (χ0v) is 15.7. The Kier molecular flexibility index (Phi) is 6.88. The predicted octanol–water partition coefficient (Wildman–Crippen LogP) is 4.33. The van der Waals surface area contributed by atoms with Gasteiger partial charge in [0, 0.05) is 25.8 Å². The molecular formula is C20H29NO4. The number of carbonyl (C=O) groups is 1. The second-order valence-corrected chi connectivity index (χ2v) is 7.25. The average Bonchev–Trinajstić information content (AvgIpc) is 2.57. The van der Waals surface area contributed by atoms with Crippen LogP contribution in [-0.4, -0.2) is 43.6 Å². The van der Waals surface area contributed by atoms with E-state index in [1.54, 1.807) is 12.0 Å². The molecule has 0 bridgehead atoms. The molecule has 0 atom stereocenters. The van der Waals surface area contributed by atoms with E-state index in [4.69, 9.17) is 14.2 Å². The van der Waals surface area contributed by atoms with Gasteiger partial charge in [-0.2, -0.15) is 0 Å². The van der Waals surface area contributed by atoms with Crippen LogP contribution in [0.5, 0.6) is 5.75 Å². The summed E-state index contributed by atoms with van der Waals surface area (Å²) < 4.78 is 16.0. The lowest BCUT2D eigenvalue weighted by molar-refractivity contribution is 0.0197. The van der Waals surface area contributed by atoms with Crippen LogP contribution in [0.25, 0.3) is 6.08 Å². The zero-order valence-electron chi connectivity index (χ0n) is 15.7. The quantitative estimate of drug-likeness (QED) is 0.744. The van der Waals surface area contributed by atoms with Crippen molar-refractivity contribution in [3.8, 4) is 5.75 Å². The fourth-order valence-corrected chi connectivity index (χ4v) is 2.71. The number of methoxy groups -OCH3 is 1. The maximum Gasteiger partial charge on any atom is 0.410 e. The molecule has 0 N–H and O–H groups in total. The molecule has 25 heavy (non-hydrogen) atoms. The zero-order chi connectivity index (χ0) is 18.3. The van der Waals surface area contributed by atoms with Gasteiger partial charge in [0.15, 0.2) is 6.79 Å². The van der Waals surface area contributed by atoms with Crippen molar-refractivity contribution >= 4 is 12.2 Å². The number of hydrogen-bond donors (Lipinski definition) is 0. The molecule has 138 valence electrons. The van der Waals surface area contributed by atoms with Crippen LogP contribution in [0.1, 0.15) is 39.2 Å². The molecule has 1 aliphatic rings. The molecule has 1 aliphatic heterocycles. The summed E-state index contributed by atoms with van der Waals surface area (Å²) in [6.45, 7) is 7.37. The van der Waals surface area contributed by atoms with E-state index < -0.39 is 5.60 Å². The molecule has 1 saturated heterocycles. The first-order valence-electron chi connectivity index (χ1n) is 8.76. The van der Waals surface area contributed by atoms with Gasteiger partial charge in [-0.3, -0.25) is 0 Å². The molecule has 0 spiro atoms. The van der Waals surface area contributed by atoms with Gasteiger partial charge in [-0.15, -0.1) is 0 Å². The van der Waals surface area contributed by atoms with Gasteiger partial charge >= 0.3 is 6.09 Å². The van der Waals surface area contributed by atoms with E-state index in [-0.39, 0.29) is 12.9 Å². The van der Waals surface area contributed by atoms with Gasteiger partial charge in [-0.05, 0) is 45.6 Å². The lowest BCUT2D eigenvalue weighted by Crippen LogP contribution is -2.41.